The molecule has 1 saturated heterocycles. The first-order valence-corrected chi connectivity index (χ1v) is 10.2. The summed E-state index contributed by atoms with van der Waals surface area (Å²) in [6.07, 6.45) is 1.05. The van der Waals surface area contributed by atoms with E-state index in [1.165, 1.54) is 7.11 Å². The van der Waals surface area contributed by atoms with E-state index in [1.54, 1.807) is 20.3 Å². The van der Waals surface area contributed by atoms with E-state index in [0.29, 0.717) is 23.6 Å². The molecular weight excluding hydrogens is 382 g/mol. The van der Waals surface area contributed by atoms with Crippen molar-refractivity contribution in [3.05, 3.63) is 52.8 Å². The van der Waals surface area contributed by atoms with Gasteiger partial charge < -0.3 is 14.2 Å². The first-order chi connectivity index (χ1) is 14.5. The Labute approximate surface area is 178 Å². The molecule has 1 aromatic carbocycles. The predicted molar refractivity (Wildman–Crippen MR) is 115 cm³/mol. The number of benzene rings is 1. The van der Waals surface area contributed by atoms with Gasteiger partial charge in [-0.15, -0.1) is 0 Å². The van der Waals surface area contributed by atoms with Crippen LogP contribution in [0.2, 0.25) is 0 Å². The molecule has 0 atom stereocenters. The van der Waals surface area contributed by atoms with Gasteiger partial charge in [-0.2, -0.15) is 0 Å². The minimum absolute atomic E-state index is 0.385. The Balaban J connectivity index is 1.72. The fraction of sp³-hybridized carbons (Fsp3) is 0.478. The van der Waals surface area contributed by atoms with Crippen LogP contribution >= 0.6 is 0 Å². The number of carbonyl (C=O) groups excluding carboxylic acids is 1. The molecule has 1 aliphatic rings. The van der Waals surface area contributed by atoms with E-state index in [2.05, 4.69) is 26.9 Å². The smallest absolute Gasteiger partial charge is 0.338 e. The third-order valence-electron chi connectivity index (χ3n) is 5.44. The van der Waals surface area contributed by atoms with Crippen LogP contribution < -0.4 is 9.47 Å². The average molecular weight is 414 g/mol. The highest BCUT2D eigenvalue weighted by Gasteiger charge is 2.23. The summed E-state index contributed by atoms with van der Waals surface area (Å²) in [4.78, 5) is 21.8. The van der Waals surface area contributed by atoms with Crippen molar-refractivity contribution in [3.63, 3.8) is 0 Å². The van der Waals surface area contributed by atoms with Crippen LogP contribution in [0, 0.1) is 6.92 Å². The van der Waals surface area contributed by atoms with Crippen molar-refractivity contribution in [3.8, 4) is 11.5 Å². The molecule has 0 aliphatic carbocycles. The zero-order valence-electron chi connectivity index (χ0n) is 18.3. The number of pyridine rings is 1. The average Bonchev–Trinajstić information content (AvgIpc) is 2.98. The maximum atomic E-state index is 12.4. The Kier molecular flexibility index (Phi) is 7.65. The quantitative estimate of drug-likeness (QED) is 0.647. The minimum atomic E-state index is -0.385. The molecule has 7 heteroatoms. The molecule has 30 heavy (non-hydrogen) atoms. The summed E-state index contributed by atoms with van der Waals surface area (Å²) >= 11 is 0. The van der Waals surface area contributed by atoms with Crippen LogP contribution in [0.1, 0.15) is 33.7 Å². The monoisotopic (exact) mass is 413 g/mol. The van der Waals surface area contributed by atoms with Crippen LogP contribution in [0.4, 0.5) is 0 Å². The molecule has 0 spiro atoms. The molecule has 1 fully saturated rings. The number of hydrogen-bond donors (Lipinski definition) is 0. The highest BCUT2D eigenvalue weighted by molar-refractivity contribution is 5.92. The maximum absolute atomic E-state index is 12.4. The molecule has 0 amide bonds. The van der Waals surface area contributed by atoms with Crippen LogP contribution in [-0.2, 0) is 17.8 Å². The lowest BCUT2D eigenvalue weighted by Crippen LogP contribution is -2.31. The zero-order chi connectivity index (χ0) is 21.5. The summed E-state index contributed by atoms with van der Waals surface area (Å²) in [5, 5.41) is 0. The Hall–Kier alpha value is -2.64. The van der Waals surface area contributed by atoms with Gasteiger partial charge in [-0.3, -0.25) is 14.8 Å². The standard InChI is InChI=1S/C23H31N3O4/c1-17-7-5-8-18(24-17)15-25-9-6-10-26(12-11-25)16-21-20(23(27)30-4)13-19(28-2)14-22(21)29-3/h5,7-8,13-14H,6,9-12,15-16H2,1-4H3. The number of carbonyl (C=O) groups is 1. The summed E-state index contributed by atoms with van der Waals surface area (Å²) in [7, 11) is 4.57. The Morgan fingerprint density at radius 2 is 1.73 bits per heavy atom. The summed E-state index contributed by atoms with van der Waals surface area (Å²) in [6.45, 7) is 7.32. The predicted octanol–water partition coefficient (Wildman–Crippen LogP) is 2.90. The van der Waals surface area contributed by atoms with Gasteiger partial charge >= 0.3 is 5.97 Å². The molecule has 0 N–H and O–H groups in total. The second kappa shape index (κ2) is 10.4. The van der Waals surface area contributed by atoms with E-state index in [-0.39, 0.29) is 5.97 Å². The van der Waals surface area contributed by atoms with E-state index in [0.717, 1.165) is 56.1 Å². The van der Waals surface area contributed by atoms with Crippen LogP contribution in [0.25, 0.3) is 0 Å². The molecule has 0 bridgehead atoms. The molecule has 162 valence electrons. The molecule has 3 rings (SSSR count). The van der Waals surface area contributed by atoms with Crippen molar-refractivity contribution in [2.24, 2.45) is 0 Å². The van der Waals surface area contributed by atoms with Gasteiger partial charge in [-0.1, -0.05) is 6.07 Å². The van der Waals surface area contributed by atoms with Crippen LogP contribution in [0.3, 0.4) is 0 Å². The van der Waals surface area contributed by atoms with Crippen molar-refractivity contribution in [1.29, 1.82) is 0 Å². The van der Waals surface area contributed by atoms with Gasteiger partial charge in [0.2, 0.25) is 0 Å². The Morgan fingerprint density at radius 3 is 2.37 bits per heavy atom. The lowest BCUT2D eigenvalue weighted by Gasteiger charge is -2.24. The molecule has 0 saturated carbocycles. The van der Waals surface area contributed by atoms with E-state index in [4.69, 9.17) is 14.2 Å². The second-order valence-corrected chi connectivity index (χ2v) is 7.52. The molecule has 0 radical (unpaired) electrons. The summed E-state index contributed by atoms with van der Waals surface area (Å²) in [5.74, 6) is 0.827. The lowest BCUT2D eigenvalue weighted by molar-refractivity contribution is 0.0597. The maximum Gasteiger partial charge on any atom is 0.338 e. The van der Waals surface area contributed by atoms with Gasteiger partial charge in [-0.05, 0) is 44.6 Å². The number of rotatable bonds is 7. The number of hydrogen-bond acceptors (Lipinski definition) is 7. The van der Waals surface area contributed by atoms with Crippen LogP contribution in [0.5, 0.6) is 11.5 Å². The SMILES string of the molecule is COC(=O)c1cc(OC)cc(OC)c1CN1CCCN(Cc2cccc(C)n2)CC1. The number of aryl methyl sites for hydroxylation is 1. The number of esters is 1. The Bertz CT molecular complexity index is 872. The fourth-order valence-corrected chi connectivity index (χ4v) is 3.86. The van der Waals surface area contributed by atoms with Crippen molar-refractivity contribution in [2.75, 3.05) is 47.5 Å². The van der Waals surface area contributed by atoms with Crippen LogP contribution in [0.15, 0.2) is 30.3 Å². The topological polar surface area (TPSA) is 64.1 Å². The third-order valence-corrected chi connectivity index (χ3v) is 5.44. The van der Waals surface area contributed by atoms with Gasteiger partial charge in [0.25, 0.3) is 0 Å². The highest BCUT2D eigenvalue weighted by Crippen LogP contribution is 2.31. The molecule has 0 unspecified atom stereocenters. The van der Waals surface area contributed by atoms with Gasteiger partial charge in [0.15, 0.2) is 0 Å². The second-order valence-electron chi connectivity index (χ2n) is 7.52. The fourth-order valence-electron chi connectivity index (χ4n) is 3.86. The molecular formula is C23H31N3O4. The number of aromatic nitrogens is 1. The van der Waals surface area contributed by atoms with Crippen molar-refractivity contribution in [1.82, 2.24) is 14.8 Å². The van der Waals surface area contributed by atoms with Crippen molar-refractivity contribution in [2.45, 2.75) is 26.4 Å². The van der Waals surface area contributed by atoms with E-state index in [9.17, 15) is 4.79 Å². The van der Waals surface area contributed by atoms with Crippen LogP contribution in [-0.4, -0.2) is 68.3 Å². The third kappa shape index (κ3) is 5.49. The minimum Gasteiger partial charge on any atom is -0.497 e. The largest absolute Gasteiger partial charge is 0.497 e. The summed E-state index contributed by atoms with van der Waals surface area (Å²) < 4.78 is 15.9. The van der Waals surface area contributed by atoms with E-state index < -0.39 is 0 Å². The highest BCUT2D eigenvalue weighted by atomic mass is 16.5. The normalized spacial score (nSPS) is 15.5. The molecule has 2 aromatic rings. The molecule has 2 heterocycles. The number of ether oxygens (including phenoxy) is 3. The Morgan fingerprint density at radius 1 is 1.00 bits per heavy atom. The number of methoxy groups -OCH3 is 3. The summed E-state index contributed by atoms with van der Waals surface area (Å²) in [5.41, 5.74) is 3.47. The van der Waals surface area contributed by atoms with Gasteiger partial charge in [0.1, 0.15) is 11.5 Å². The first-order valence-electron chi connectivity index (χ1n) is 10.2. The van der Waals surface area contributed by atoms with E-state index in [1.807, 2.05) is 19.1 Å². The van der Waals surface area contributed by atoms with Crippen molar-refractivity contribution < 1.29 is 19.0 Å². The molecule has 1 aliphatic heterocycles. The van der Waals surface area contributed by atoms with Crippen molar-refractivity contribution >= 4 is 5.97 Å². The van der Waals surface area contributed by atoms with Gasteiger partial charge in [-0.25, -0.2) is 4.79 Å². The summed E-state index contributed by atoms with van der Waals surface area (Å²) in [6, 6.07) is 9.70. The molecule has 1 aromatic heterocycles. The first kappa shape index (κ1) is 22.1. The lowest BCUT2D eigenvalue weighted by atomic mass is 10.0. The zero-order valence-corrected chi connectivity index (χ0v) is 18.3. The van der Waals surface area contributed by atoms with E-state index >= 15 is 0 Å². The van der Waals surface area contributed by atoms with Gasteiger partial charge in [0.05, 0.1) is 32.6 Å². The molecule has 7 nitrogen and oxygen atoms in total. The van der Waals surface area contributed by atoms with Gasteiger partial charge in [0, 0.05) is 43.5 Å². The number of nitrogens with zero attached hydrogens (tertiary/aromatic N) is 3.